The van der Waals surface area contributed by atoms with Gasteiger partial charge in [0.25, 0.3) is 0 Å². The predicted octanol–water partition coefficient (Wildman–Crippen LogP) is 2.83. The third-order valence-electron chi connectivity index (χ3n) is 5.35. The van der Waals surface area contributed by atoms with Crippen LogP contribution in [-0.2, 0) is 10.0 Å². The van der Waals surface area contributed by atoms with Crippen LogP contribution < -0.4 is 4.74 Å². The second-order valence-corrected chi connectivity index (χ2v) is 8.80. The van der Waals surface area contributed by atoms with Crippen molar-refractivity contribution in [2.75, 3.05) is 32.8 Å². The van der Waals surface area contributed by atoms with Crippen molar-refractivity contribution in [3.8, 4) is 5.75 Å². The fraction of sp³-hybridized carbons (Fsp3) is 0.400. The molecule has 26 heavy (non-hydrogen) atoms. The summed E-state index contributed by atoms with van der Waals surface area (Å²) in [6.07, 6.45) is 0.946. The van der Waals surface area contributed by atoms with Gasteiger partial charge in [-0.25, -0.2) is 8.42 Å². The fourth-order valence-corrected chi connectivity index (χ4v) is 5.59. The monoisotopic (exact) mass is 372 g/mol. The summed E-state index contributed by atoms with van der Waals surface area (Å²) in [6, 6.07) is 15.7. The molecule has 0 aromatic heterocycles. The third kappa shape index (κ3) is 3.13. The Morgan fingerprint density at radius 2 is 1.65 bits per heavy atom. The molecule has 0 radical (unpaired) electrons. The van der Waals surface area contributed by atoms with Crippen molar-refractivity contribution in [3.05, 3.63) is 59.7 Å². The second kappa shape index (κ2) is 7.02. The van der Waals surface area contributed by atoms with E-state index in [1.165, 1.54) is 5.56 Å². The molecule has 2 heterocycles. The van der Waals surface area contributed by atoms with Crippen LogP contribution in [0.4, 0.5) is 0 Å². The molecule has 0 saturated carbocycles. The first kappa shape index (κ1) is 17.5. The molecule has 1 saturated heterocycles. The van der Waals surface area contributed by atoms with Gasteiger partial charge in [0.05, 0.1) is 11.5 Å². The number of rotatable bonds is 3. The largest absolute Gasteiger partial charge is 0.493 e. The van der Waals surface area contributed by atoms with Crippen LogP contribution in [0, 0.1) is 6.92 Å². The topological polar surface area (TPSA) is 49.9 Å². The minimum absolute atomic E-state index is 0.309. The second-order valence-electron chi connectivity index (χ2n) is 6.90. The molecular formula is C20H24N2O3S. The van der Waals surface area contributed by atoms with Gasteiger partial charge in [-0.2, -0.15) is 4.31 Å². The lowest BCUT2D eigenvalue weighted by atomic mass is 9.98. The van der Waals surface area contributed by atoms with Gasteiger partial charge in [-0.05, 0) is 24.6 Å². The van der Waals surface area contributed by atoms with Crippen LogP contribution in [0.2, 0.25) is 0 Å². The summed E-state index contributed by atoms with van der Waals surface area (Å²) in [6.45, 7) is 5.09. The molecular weight excluding hydrogens is 348 g/mol. The van der Waals surface area contributed by atoms with Crippen molar-refractivity contribution in [1.29, 1.82) is 0 Å². The molecule has 0 N–H and O–H groups in total. The fourth-order valence-electron chi connectivity index (χ4n) is 3.94. The highest BCUT2D eigenvalue weighted by Crippen LogP contribution is 2.36. The van der Waals surface area contributed by atoms with Gasteiger partial charge in [-0.3, -0.25) is 4.90 Å². The number of hydrogen-bond donors (Lipinski definition) is 0. The molecule has 5 nitrogen and oxygen atoms in total. The highest BCUT2D eigenvalue weighted by molar-refractivity contribution is 7.89. The molecule has 6 heteroatoms. The quantitative estimate of drug-likeness (QED) is 0.831. The number of ether oxygens (including phenoxy) is 1. The van der Waals surface area contributed by atoms with Crippen LogP contribution in [0.3, 0.4) is 0 Å². The lowest BCUT2D eigenvalue weighted by Crippen LogP contribution is -2.50. The van der Waals surface area contributed by atoms with Gasteiger partial charge in [0, 0.05) is 44.2 Å². The minimum atomic E-state index is -3.43. The molecule has 1 unspecified atom stereocenters. The van der Waals surface area contributed by atoms with E-state index in [1.807, 2.05) is 37.3 Å². The molecule has 2 aliphatic rings. The number of sulfonamides is 1. The number of para-hydroxylation sites is 1. The van der Waals surface area contributed by atoms with Crippen molar-refractivity contribution in [2.45, 2.75) is 24.3 Å². The maximum atomic E-state index is 13.0. The molecule has 0 aliphatic carbocycles. The molecule has 4 rings (SSSR count). The Kier molecular flexibility index (Phi) is 4.73. The average molecular weight is 372 g/mol. The molecule has 2 aliphatic heterocycles. The van der Waals surface area contributed by atoms with Crippen LogP contribution in [-0.4, -0.2) is 50.4 Å². The highest BCUT2D eigenvalue weighted by Gasteiger charge is 2.33. The van der Waals surface area contributed by atoms with Crippen molar-refractivity contribution in [3.63, 3.8) is 0 Å². The predicted molar refractivity (Wildman–Crippen MR) is 101 cm³/mol. The van der Waals surface area contributed by atoms with E-state index in [-0.39, 0.29) is 0 Å². The van der Waals surface area contributed by atoms with E-state index in [2.05, 4.69) is 11.0 Å². The van der Waals surface area contributed by atoms with Crippen molar-refractivity contribution >= 4 is 10.0 Å². The van der Waals surface area contributed by atoms with Crippen LogP contribution in [0.25, 0.3) is 0 Å². The standard InChI is InChI=1S/C20H24N2O3S/c1-16-6-2-5-9-20(16)26(23,24)22-13-11-21(12-14-22)18-10-15-25-19-8-4-3-7-17(18)19/h2-9,18H,10-15H2,1H3. The van der Waals surface area contributed by atoms with Gasteiger partial charge in [-0.1, -0.05) is 36.4 Å². The van der Waals surface area contributed by atoms with Gasteiger partial charge in [0.1, 0.15) is 5.75 Å². The number of hydrogen-bond acceptors (Lipinski definition) is 4. The van der Waals surface area contributed by atoms with Gasteiger partial charge < -0.3 is 4.74 Å². The Labute approximate surface area is 155 Å². The van der Waals surface area contributed by atoms with Crippen LogP contribution >= 0.6 is 0 Å². The van der Waals surface area contributed by atoms with E-state index < -0.39 is 10.0 Å². The normalized spacial score (nSPS) is 21.8. The molecule has 138 valence electrons. The summed E-state index contributed by atoms with van der Waals surface area (Å²) in [7, 11) is -3.43. The van der Waals surface area contributed by atoms with Crippen LogP contribution in [0.15, 0.2) is 53.4 Å². The molecule has 1 fully saturated rings. The van der Waals surface area contributed by atoms with Gasteiger partial charge in [-0.15, -0.1) is 0 Å². The highest BCUT2D eigenvalue weighted by atomic mass is 32.2. The first-order valence-corrected chi connectivity index (χ1v) is 10.5. The number of benzene rings is 2. The van der Waals surface area contributed by atoms with Crippen molar-refractivity contribution in [2.24, 2.45) is 0 Å². The Hall–Kier alpha value is -1.89. The first-order chi connectivity index (χ1) is 12.6. The lowest BCUT2D eigenvalue weighted by Gasteiger charge is -2.40. The zero-order valence-electron chi connectivity index (χ0n) is 15.0. The van der Waals surface area contributed by atoms with Crippen LogP contribution in [0.1, 0.15) is 23.6 Å². The van der Waals surface area contributed by atoms with Gasteiger partial charge in [0.2, 0.25) is 10.0 Å². The number of piperazine rings is 1. The molecule has 2 aromatic rings. The third-order valence-corrected chi connectivity index (χ3v) is 7.41. The summed E-state index contributed by atoms with van der Waals surface area (Å²) in [4.78, 5) is 2.82. The Balaban J connectivity index is 1.49. The smallest absolute Gasteiger partial charge is 0.243 e. The first-order valence-electron chi connectivity index (χ1n) is 9.09. The maximum absolute atomic E-state index is 13.0. The van der Waals surface area contributed by atoms with E-state index in [0.717, 1.165) is 30.8 Å². The summed E-state index contributed by atoms with van der Waals surface area (Å²) in [5.74, 6) is 0.957. The number of aryl methyl sites for hydroxylation is 1. The van der Waals surface area contributed by atoms with Crippen LogP contribution in [0.5, 0.6) is 5.75 Å². The van der Waals surface area contributed by atoms with E-state index in [4.69, 9.17) is 4.74 Å². The van der Waals surface area contributed by atoms with Gasteiger partial charge >= 0.3 is 0 Å². The summed E-state index contributed by atoms with van der Waals surface area (Å²) < 4.78 is 33.3. The minimum Gasteiger partial charge on any atom is -0.493 e. The summed E-state index contributed by atoms with van der Waals surface area (Å²) >= 11 is 0. The van der Waals surface area contributed by atoms with E-state index >= 15 is 0 Å². The van der Waals surface area contributed by atoms with Crippen molar-refractivity contribution < 1.29 is 13.2 Å². The zero-order valence-corrected chi connectivity index (χ0v) is 15.8. The summed E-state index contributed by atoms with van der Waals surface area (Å²) in [5, 5.41) is 0. The number of nitrogens with zero attached hydrogens (tertiary/aromatic N) is 2. The SMILES string of the molecule is Cc1ccccc1S(=O)(=O)N1CCN(C2CCOc3ccccc32)CC1. The lowest BCUT2D eigenvalue weighted by molar-refractivity contribution is 0.103. The van der Waals surface area contributed by atoms with E-state index in [0.29, 0.717) is 30.6 Å². The molecule has 0 bridgehead atoms. The Morgan fingerprint density at radius 3 is 2.42 bits per heavy atom. The van der Waals surface area contributed by atoms with E-state index in [1.54, 1.807) is 16.4 Å². The molecule has 1 atom stereocenters. The van der Waals surface area contributed by atoms with E-state index in [9.17, 15) is 8.42 Å². The Bertz CT molecular complexity index is 889. The summed E-state index contributed by atoms with van der Waals surface area (Å²) in [5.41, 5.74) is 2.02. The molecule has 2 aromatic carbocycles. The molecule has 0 spiro atoms. The zero-order chi connectivity index (χ0) is 18.1. The van der Waals surface area contributed by atoms with Crippen molar-refractivity contribution in [1.82, 2.24) is 9.21 Å². The molecule has 0 amide bonds. The van der Waals surface area contributed by atoms with Gasteiger partial charge in [0.15, 0.2) is 0 Å². The maximum Gasteiger partial charge on any atom is 0.243 e. The average Bonchev–Trinajstić information content (AvgIpc) is 2.68. The number of fused-ring (bicyclic) bond motifs is 1. The Morgan fingerprint density at radius 1 is 0.962 bits per heavy atom.